The molecule has 0 fully saturated rings. The maximum absolute atomic E-state index is 11.1. The van der Waals surface area contributed by atoms with Gasteiger partial charge in [-0.15, -0.1) is 11.3 Å². The van der Waals surface area contributed by atoms with Crippen LogP contribution in [0.15, 0.2) is 85.3 Å². The number of carbonyl (C=O) groups excluding carboxylic acids is 1. The average Bonchev–Trinajstić information content (AvgIpc) is 3.24. The number of rotatable bonds is 5. The van der Waals surface area contributed by atoms with Crippen molar-refractivity contribution in [1.29, 1.82) is 0 Å². The van der Waals surface area contributed by atoms with Crippen molar-refractivity contribution in [2.24, 2.45) is 0 Å². The van der Waals surface area contributed by atoms with E-state index < -0.39 is 0 Å². The molecule has 5 nitrogen and oxygen atoms in total. The topological polar surface area (TPSA) is 65.0 Å². The van der Waals surface area contributed by atoms with Gasteiger partial charge in [0.25, 0.3) is 0 Å². The average molecular weight is 409 g/mol. The number of aldehydes is 1. The van der Waals surface area contributed by atoms with E-state index in [9.17, 15) is 4.79 Å². The molecule has 0 aliphatic carbocycles. The van der Waals surface area contributed by atoms with Crippen molar-refractivity contribution in [3.05, 3.63) is 90.3 Å². The largest absolute Gasteiger partial charge is 0.438 e. The highest BCUT2D eigenvalue weighted by Gasteiger charge is 2.11. The van der Waals surface area contributed by atoms with Gasteiger partial charge < -0.3 is 4.74 Å². The van der Waals surface area contributed by atoms with Crippen LogP contribution in [-0.4, -0.2) is 21.2 Å². The van der Waals surface area contributed by atoms with Crippen molar-refractivity contribution in [3.8, 4) is 33.9 Å². The standard InChI is InChI=1S/C24H15N3O2S/c28-15-22-27-21-7-1-5-19(23(21)30-22)16-8-10-18(11-9-16)29-24-20(6-3-13-26-24)17-4-2-12-25-14-17/h1-15H. The molecule has 3 aromatic heterocycles. The first kappa shape index (κ1) is 18.1. The van der Waals surface area contributed by atoms with Crippen molar-refractivity contribution in [1.82, 2.24) is 15.0 Å². The maximum atomic E-state index is 11.1. The van der Waals surface area contributed by atoms with Gasteiger partial charge in [0.2, 0.25) is 5.88 Å². The fourth-order valence-electron chi connectivity index (χ4n) is 3.27. The summed E-state index contributed by atoms with van der Waals surface area (Å²) in [6.07, 6.45) is 6.02. The fourth-order valence-corrected chi connectivity index (χ4v) is 4.19. The third-order valence-corrected chi connectivity index (χ3v) is 5.69. The minimum absolute atomic E-state index is 0.482. The van der Waals surface area contributed by atoms with Crippen LogP contribution in [0.25, 0.3) is 32.5 Å². The van der Waals surface area contributed by atoms with Crippen LogP contribution in [0.5, 0.6) is 11.6 Å². The number of hydrogen-bond donors (Lipinski definition) is 0. The quantitative estimate of drug-likeness (QED) is 0.332. The fraction of sp³-hybridized carbons (Fsp3) is 0. The van der Waals surface area contributed by atoms with Gasteiger partial charge in [0.1, 0.15) is 5.75 Å². The van der Waals surface area contributed by atoms with Crippen LogP contribution in [0.2, 0.25) is 0 Å². The van der Waals surface area contributed by atoms with Crippen molar-refractivity contribution < 1.29 is 9.53 Å². The van der Waals surface area contributed by atoms with Gasteiger partial charge in [0.05, 0.1) is 10.2 Å². The smallest absolute Gasteiger partial charge is 0.227 e. The summed E-state index contributed by atoms with van der Waals surface area (Å²) in [5, 5.41) is 0.482. The van der Waals surface area contributed by atoms with Crippen molar-refractivity contribution in [2.45, 2.75) is 0 Å². The molecule has 30 heavy (non-hydrogen) atoms. The number of nitrogens with zero attached hydrogens (tertiary/aromatic N) is 3. The molecule has 5 aromatic rings. The van der Waals surface area contributed by atoms with Crippen molar-refractivity contribution in [2.75, 3.05) is 0 Å². The maximum Gasteiger partial charge on any atom is 0.227 e. The monoisotopic (exact) mass is 409 g/mol. The molecule has 0 N–H and O–H groups in total. The Balaban J connectivity index is 1.46. The number of carbonyl (C=O) groups is 1. The number of pyridine rings is 2. The summed E-state index contributed by atoms with van der Waals surface area (Å²) in [4.78, 5) is 24.0. The molecule has 6 heteroatoms. The van der Waals surface area contributed by atoms with E-state index in [4.69, 9.17) is 4.74 Å². The summed E-state index contributed by atoms with van der Waals surface area (Å²) in [6.45, 7) is 0. The third kappa shape index (κ3) is 3.44. The Hall–Kier alpha value is -3.90. The number of aromatic nitrogens is 3. The molecule has 0 aliphatic rings. The predicted molar refractivity (Wildman–Crippen MR) is 118 cm³/mol. The Kier molecular flexibility index (Phi) is 4.75. The van der Waals surface area contributed by atoms with E-state index >= 15 is 0 Å². The number of ether oxygens (including phenoxy) is 1. The minimum atomic E-state index is 0.482. The van der Waals surface area contributed by atoms with E-state index in [0.29, 0.717) is 16.6 Å². The Labute approximate surface area is 176 Å². The zero-order valence-corrected chi connectivity index (χ0v) is 16.5. The molecule has 0 bridgehead atoms. The first-order valence-electron chi connectivity index (χ1n) is 9.30. The van der Waals surface area contributed by atoms with E-state index in [1.165, 1.54) is 11.3 Å². The molecule has 144 valence electrons. The summed E-state index contributed by atoms with van der Waals surface area (Å²) in [7, 11) is 0. The summed E-state index contributed by atoms with van der Waals surface area (Å²) >= 11 is 1.40. The van der Waals surface area contributed by atoms with Gasteiger partial charge in [-0.3, -0.25) is 9.78 Å². The number of benzene rings is 2. The van der Waals surface area contributed by atoms with Crippen LogP contribution in [0, 0.1) is 0 Å². The number of thiazole rings is 1. The molecule has 0 unspecified atom stereocenters. The predicted octanol–water partition coefficient (Wildman–Crippen LogP) is 6.03. The Morgan fingerprint density at radius 3 is 2.47 bits per heavy atom. The first-order valence-corrected chi connectivity index (χ1v) is 10.1. The molecule has 5 rings (SSSR count). The Bertz CT molecular complexity index is 1330. The molecule has 0 amide bonds. The van der Waals surface area contributed by atoms with Crippen LogP contribution in [0.1, 0.15) is 9.80 Å². The highest BCUT2D eigenvalue weighted by molar-refractivity contribution is 7.20. The summed E-state index contributed by atoms with van der Waals surface area (Å²) in [5.74, 6) is 1.21. The normalized spacial score (nSPS) is 10.8. The van der Waals surface area contributed by atoms with E-state index in [2.05, 4.69) is 15.0 Å². The van der Waals surface area contributed by atoms with Crippen molar-refractivity contribution >= 4 is 27.8 Å². The second-order valence-electron chi connectivity index (χ2n) is 6.55. The molecule has 0 spiro atoms. The zero-order chi connectivity index (χ0) is 20.3. The lowest BCUT2D eigenvalue weighted by Gasteiger charge is -2.10. The second-order valence-corrected chi connectivity index (χ2v) is 7.58. The lowest BCUT2D eigenvalue weighted by Crippen LogP contribution is -1.91. The van der Waals surface area contributed by atoms with Crippen LogP contribution in [0.4, 0.5) is 0 Å². The highest BCUT2D eigenvalue weighted by Crippen LogP contribution is 2.35. The van der Waals surface area contributed by atoms with Crippen LogP contribution >= 0.6 is 11.3 Å². The van der Waals surface area contributed by atoms with E-state index in [0.717, 1.165) is 38.8 Å². The first-order chi connectivity index (χ1) is 14.8. The van der Waals surface area contributed by atoms with Gasteiger partial charge in [0.15, 0.2) is 11.3 Å². The van der Waals surface area contributed by atoms with E-state index in [-0.39, 0.29) is 0 Å². The van der Waals surface area contributed by atoms with Gasteiger partial charge in [-0.2, -0.15) is 0 Å². The summed E-state index contributed by atoms with van der Waals surface area (Å²) < 4.78 is 7.07. The number of fused-ring (bicyclic) bond motifs is 1. The number of hydrogen-bond acceptors (Lipinski definition) is 6. The second kappa shape index (κ2) is 7.85. The lowest BCUT2D eigenvalue weighted by molar-refractivity contribution is 0.112. The Morgan fingerprint density at radius 1 is 0.833 bits per heavy atom. The van der Waals surface area contributed by atoms with Crippen LogP contribution < -0.4 is 4.74 Å². The van der Waals surface area contributed by atoms with E-state index in [1.807, 2.05) is 66.7 Å². The summed E-state index contributed by atoms with van der Waals surface area (Å²) in [5.41, 5.74) is 4.72. The molecule has 2 aromatic carbocycles. The molecule has 0 aliphatic heterocycles. The molecular formula is C24H15N3O2S. The van der Waals surface area contributed by atoms with Gasteiger partial charge >= 0.3 is 0 Å². The highest BCUT2D eigenvalue weighted by atomic mass is 32.1. The zero-order valence-electron chi connectivity index (χ0n) is 15.7. The molecule has 0 saturated heterocycles. The molecule has 3 heterocycles. The molecular weight excluding hydrogens is 394 g/mol. The Morgan fingerprint density at radius 2 is 1.67 bits per heavy atom. The van der Waals surface area contributed by atoms with E-state index in [1.54, 1.807) is 18.6 Å². The van der Waals surface area contributed by atoms with Crippen LogP contribution in [0.3, 0.4) is 0 Å². The van der Waals surface area contributed by atoms with Gasteiger partial charge in [0, 0.05) is 35.3 Å². The molecule has 0 saturated carbocycles. The van der Waals surface area contributed by atoms with Gasteiger partial charge in [-0.05, 0) is 42.0 Å². The SMILES string of the molecule is O=Cc1nc2cccc(-c3ccc(Oc4ncccc4-c4cccnc4)cc3)c2s1. The lowest BCUT2D eigenvalue weighted by atomic mass is 10.1. The summed E-state index contributed by atoms with van der Waals surface area (Å²) in [6, 6.07) is 21.4. The van der Waals surface area contributed by atoms with Gasteiger partial charge in [-0.1, -0.05) is 30.3 Å². The molecule has 0 radical (unpaired) electrons. The molecule has 0 atom stereocenters. The van der Waals surface area contributed by atoms with Crippen LogP contribution in [-0.2, 0) is 0 Å². The van der Waals surface area contributed by atoms with Crippen molar-refractivity contribution in [3.63, 3.8) is 0 Å². The third-order valence-electron chi connectivity index (χ3n) is 4.66. The van der Waals surface area contributed by atoms with Gasteiger partial charge in [-0.25, -0.2) is 9.97 Å². The minimum Gasteiger partial charge on any atom is -0.438 e.